The largest absolute Gasteiger partial charge is 0.465 e. The lowest BCUT2D eigenvalue weighted by Crippen LogP contribution is -2.16. The number of allylic oxidation sites excluding steroid dienone is 1. The highest BCUT2D eigenvalue weighted by atomic mass is 35.5. The third-order valence-electron chi connectivity index (χ3n) is 3.59. The third kappa shape index (κ3) is 3.79. The number of aromatic nitrogens is 2. The molecule has 1 aromatic carbocycles. The molecule has 0 saturated heterocycles. The summed E-state index contributed by atoms with van der Waals surface area (Å²) in [5.41, 5.74) is 0.698. The number of ether oxygens (including phenoxy) is 1. The van der Waals surface area contributed by atoms with Crippen molar-refractivity contribution in [2.45, 2.75) is 19.1 Å². The first-order chi connectivity index (χ1) is 12.2. The maximum atomic E-state index is 12.4. The van der Waals surface area contributed by atoms with Gasteiger partial charge in [0, 0.05) is 5.02 Å². The van der Waals surface area contributed by atoms with E-state index in [0.717, 1.165) is 6.08 Å². The summed E-state index contributed by atoms with van der Waals surface area (Å²) in [5, 5.41) is 13.2. The van der Waals surface area contributed by atoms with E-state index < -0.39 is 26.0 Å². The molecule has 0 saturated carbocycles. The second kappa shape index (κ2) is 7.72. The minimum atomic E-state index is -3.83. The monoisotopic (exact) mass is 393 g/mol. The van der Waals surface area contributed by atoms with Gasteiger partial charge in [-0.2, -0.15) is 10.4 Å². The van der Waals surface area contributed by atoms with Gasteiger partial charge in [-0.15, -0.1) is 0 Å². The van der Waals surface area contributed by atoms with Gasteiger partial charge in [0.05, 0.1) is 29.9 Å². The number of hydrogen-bond donors (Lipinski definition) is 0. The van der Waals surface area contributed by atoms with Crippen LogP contribution in [-0.2, 0) is 14.6 Å². The van der Waals surface area contributed by atoms with Crippen LogP contribution in [0.1, 0.15) is 29.9 Å². The maximum absolute atomic E-state index is 12.4. The minimum absolute atomic E-state index is 0.0363. The standard InChI is InChI=1S/C17H16ClN3O4S/c1-11(2)26(23,24)14(9-19)8-16-15(17(22)25-3)10-20-21(16)13-6-4-12(18)5-7-13/h4-8,10-11H,1-3H3/b14-8-. The zero-order chi connectivity index (χ0) is 19.5. The van der Waals surface area contributed by atoms with E-state index in [1.165, 1.54) is 31.8 Å². The number of nitrogens with zero attached hydrogens (tertiary/aromatic N) is 3. The number of sulfone groups is 1. The van der Waals surface area contributed by atoms with Crippen molar-refractivity contribution in [3.8, 4) is 11.8 Å². The normalized spacial score (nSPS) is 12.1. The van der Waals surface area contributed by atoms with Crippen molar-refractivity contribution < 1.29 is 17.9 Å². The minimum Gasteiger partial charge on any atom is -0.465 e. The average molecular weight is 394 g/mol. The lowest BCUT2D eigenvalue weighted by atomic mass is 10.2. The number of carbonyl (C=O) groups is 1. The molecular weight excluding hydrogens is 378 g/mol. The fraction of sp³-hybridized carbons (Fsp3) is 0.235. The molecule has 0 aliphatic carbocycles. The van der Waals surface area contributed by atoms with Gasteiger partial charge in [0.2, 0.25) is 0 Å². The molecule has 0 atom stereocenters. The van der Waals surface area contributed by atoms with E-state index in [-0.39, 0.29) is 11.3 Å². The summed E-state index contributed by atoms with van der Waals surface area (Å²) in [6.45, 7) is 2.94. The van der Waals surface area contributed by atoms with E-state index in [1.807, 2.05) is 0 Å². The Morgan fingerprint density at radius 1 is 1.35 bits per heavy atom. The second-order valence-corrected chi connectivity index (χ2v) is 8.45. The predicted molar refractivity (Wildman–Crippen MR) is 97.6 cm³/mol. The summed E-state index contributed by atoms with van der Waals surface area (Å²) in [6, 6.07) is 8.24. The Labute approximate surface area is 156 Å². The Balaban J connectivity index is 2.74. The number of hydrogen-bond acceptors (Lipinski definition) is 6. The molecule has 0 unspecified atom stereocenters. The van der Waals surface area contributed by atoms with Gasteiger partial charge >= 0.3 is 5.97 Å². The van der Waals surface area contributed by atoms with Crippen LogP contribution in [0.2, 0.25) is 5.02 Å². The van der Waals surface area contributed by atoms with Crippen LogP contribution in [0.25, 0.3) is 11.8 Å². The molecule has 136 valence electrons. The number of rotatable bonds is 5. The molecule has 0 aliphatic heterocycles. The zero-order valence-corrected chi connectivity index (χ0v) is 15.9. The molecule has 9 heteroatoms. The average Bonchev–Trinajstić information content (AvgIpc) is 3.02. The van der Waals surface area contributed by atoms with Gasteiger partial charge < -0.3 is 4.74 Å². The molecule has 1 heterocycles. The van der Waals surface area contributed by atoms with Crippen LogP contribution in [0.15, 0.2) is 35.4 Å². The highest BCUT2D eigenvalue weighted by Crippen LogP contribution is 2.23. The molecule has 2 rings (SSSR count). The van der Waals surface area contributed by atoms with E-state index in [1.54, 1.807) is 30.3 Å². The van der Waals surface area contributed by atoms with Gasteiger partial charge in [0.25, 0.3) is 0 Å². The first kappa shape index (κ1) is 19.7. The summed E-state index contributed by atoms with van der Waals surface area (Å²) in [5.74, 6) is -0.698. The van der Waals surface area contributed by atoms with Crippen LogP contribution >= 0.6 is 11.6 Å². The Morgan fingerprint density at radius 3 is 2.46 bits per heavy atom. The van der Waals surface area contributed by atoms with Crippen LogP contribution in [0.5, 0.6) is 0 Å². The summed E-state index contributed by atoms with van der Waals surface area (Å²) in [4.78, 5) is 11.6. The number of carbonyl (C=O) groups excluding carboxylic acids is 1. The van der Waals surface area contributed by atoms with Gasteiger partial charge in [0.1, 0.15) is 16.5 Å². The molecule has 0 N–H and O–H groups in total. The highest BCUT2D eigenvalue weighted by molar-refractivity contribution is 7.96. The Hall–Kier alpha value is -2.63. The smallest absolute Gasteiger partial charge is 0.341 e. The zero-order valence-electron chi connectivity index (χ0n) is 14.3. The van der Waals surface area contributed by atoms with E-state index in [4.69, 9.17) is 16.3 Å². The molecule has 0 amide bonds. The molecule has 0 radical (unpaired) electrons. The second-order valence-electron chi connectivity index (χ2n) is 5.54. The van der Waals surface area contributed by atoms with E-state index >= 15 is 0 Å². The van der Waals surface area contributed by atoms with Gasteiger partial charge in [-0.3, -0.25) is 0 Å². The SMILES string of the molecule is COC(=O)c1cnn(-c2ccc(Cl)cc2)c1/C=C(/C#N)S(=O)(=O)C(C)C. The molecule has 0 aliphatic rings. The number of methoxy groups -OCH3 is 1. The van der Waals surface area contributed by atoms with E-state index in [2.05, 4.69) is 5.10 Å². The van der Waals surface area contributed by atoms with Crippen LogP contribution in [0.3, 0.4) is 0 Å². The van der Waals surface area contributed by atoms with E-state index in [0.29, 0.717) is 10.7 Å². The first-order valence-corrected chi connectivity index (χ1v) is 9.42. The molecule has 0 fully saturated rings. The highest BCUT2D eigenvalue weighted by Gasteiger charge is 2.25. The Bertz CT molecular complexity index is 1000. The number of halogens is 1. The number of benzene rings is 1. The summed E-state index contributed by atoms with van der Waals surface area (Å²) in [6.07, 6.45) is 2.38. The molecular formula is C17H16ClN3O4S. The van der Waals surface area contributed by atoms with Gasteiger partial charge in [-0.1, -0.05) is 11.6 Å². The lowest BCUT2D eigenvalue weighted by Gasteiger charge is -2.09. The molecule has 2 aromatic rings. The molecule has 0 bridgehead atoms. The maximum Gasteiger partial charge on any atom is 0.341 e. The number of nitriles is 1. The first-order valence-electron chi connectivity index (χ1n) is 7.50. The number of esters is 1. The van der Waals surface area contributed by atoms with Crippen molar-refractivity contribution in [2.24, 2.45) is 0 Å². The van der Waals surface area contributed by atoms with Crippen molar-refractivity contribution in [3.05, 3.63) is 51.6 Å². The summed E-state index contributed by atoms with van der Waals surface area (Å²) < 4.78 is 30.8. The van der Waals surface area contributed by atoms with Crippen LogP contribution in [0.4, 0.5) is 0 Å². The van der Waals surface area contributed by atoms with Crippen LogP contribution in [-0.4, -0.2) is 36.5 Å². The molecule has 26 heavy (non-hydrogen) atoms. The van der Waals surface area contributed by atoms with Crippen molar-refractivity contribution >= 4 is 33.5 Å². The van der Waals surface area contributed by atoms with Crippen LogP contribution in [0, 0.1) is 11.3 Å². The predicted octanol–water partition coefficient (Wildman–Crippen LogP) is 3.00. The van der Waals surface area contributed by atoms with Crippen molar-refractivity contribution in [1.29, 1.82) is 5.26 Å². The molecule has 0 spiro atoms. The summed E-state index contributed by atoms with van der Waals surface area (Å²) >= 11 is 5.88. The molecule has 7 nitrogen and oxygen atoms in total. The van der Waals surface area contributed by atoms with Crippen molar-refractivity contribution in [2.75, 3.05) is 7.11 Å². The Morgan fingerprint density at radius 2 is 1.96 bits per heavy atom. The lowest BCUT2D eigenvalue weighted by molar-refractivity contribution is 0.0600. The van der Waals surface area contributed by atoms with Gasteiger partial charge in [-0.25, -0.2) is 17.9 Å². The third-order valence-corrected chi connectivity index (χ3v) is 5.90. The fourth-order valence-corrected chi connectivity index (χ4v) is 3.15. The topological polar surface area (TPSA) is 102 Å². The molecule has 1 aromatic heterocycles. The fourth-order valence-electron chi connectivity index (χ4n) is 2.11. The van der Waals surface area contributed by atoms with Crippen LogP contribution < -0.4 is 0 Å². The Kier molecular flexibility index (Phi) is 5.85. The van der Waals surface area contributed by atoms with Gasteiger partial charge in [-0.05, 0) is 44.2 Å². The van der Waals surface area contributed by atoms with Gasteiger partial charge in [0.15, 0.2) is 9.84 Å². The van der Waals surface area contributed by atoms with E-state index in [9.17, 15) is 18.5 Å². The van der Waals surface area contributed by atoms with Crippen molar-refractivity contribution in [3.63, 3.8) is 0 Å². The van der Waals surface area contributed by atoms with Crippen molar-refractivity contribution in [1.82, 2.24) is 9.78 Å². The summed E-state index contributed by atoms with van der Waals surface area (Å²) in [7, 11) is -2.63. The quantitative estimate of drug-likeness (QED) is 0.571.